The molecule has 1 saturated heterocycles. The molecule has 0 spiro atoms. The van der Waals surface area contributed by atoms with Crippen molar-refractivity contribution in [2.75, 3.05) is 23.7 Å². The molecule has 0 saturated carbocycles. The van der Waals surface area contributed by atoms with E-state index in [1.807, 2.05) is 0 Å². The number of nitrogens with two attached hydrogens (primary N) is 1. The lowest BCUT2D eigenvalue weighted by molar-refractivity contribution is 0.438. The van der Waals surface area contributed by atoms with Crippen molar-refractivity contribution in [2.24, 2.45) is 5.92 Å². The number of nitrogen functional groups attached to an aromatic ring is 1. The van der Waals surface area contributed by atoms with Crippen LogP contribution in [-0.4, -0.2) is 13.1 Å². The van der Waals surface area contributed by atoms with E-state index in [0.717, 1.165) is 24.7 Å². The van der Waals surface area contributed by atoms with Crippen LogP contribution in [0.1, 0.15) is 19.8 Å². The van der Waals surface area contributed by atoms with E-state index >= 15 is 0 Å². The first-order chi connectivity index (χ1) is 7.58. The lowest BCUT2D eigenvalue weighted by Crippen LogP contribution is -2.33. The molecule has 0 atom stereocenters. The highest BCUT2D eigenvalue weighted by atomic mass is 79.9. The first kappa shape index (κ1) is 11.7. The number of benzene rings is 1. The molecular formula is C12H16BrFN2. The zero-order chi connectivity index (χ0) is 11.7. The molecule has 0 unspecified atom stereocenters. The smallest absolute Gasteiger partial charge is 0.139 e. The van der Waals surface area contributed by atoms with Gasteiger partial charge in [-0.15, -0.1) is 0 Å². The van der Waals surface area contributed by atoms with Crippen molar-refractivity contribution in [1.82, 2.24) is 0 Å². The van der Waals surface area contributed by atoms with Crippen LogP contribution in [0.5, 0.6) is 0 Å². The van der Waals surface area contributed by atoms with Gasteiger partial charge in [-0.2, -0.15) is 0 Å². The topological polar surface area (TPSA) is 29.3 Å². The van der Waals surface area contributed by atoms with Crippen LogP contribution >= 0.6 is 15.9 Å². The fourth-order valence-electron chi connectivity index (χ4n) is 2.08. The number of rotatable bonds is 1. The maximum atomic E-state index is 13.2. The van der Waals surface area contributed by atoms with E-state index in [-0.39, 0.29) is 5.82 Å². The van der Waals surface area contributed by atoms with Crippen LogP contribution in [0.25, 0.3) is 0 Å². The minimum Gasteiger partial charge on any atom is -0.397 e. The fraction of sp³-hybridized carbons (Fsp3) is 0.500. The summed E-state index contributed by atoms with van der Waals surface area (Å²) in [7, 11) is 0. The van der Waals surface area contributed by atoms with Gasteiger partial charge in [-0.05, 0) is 40.8 Å². The Hall–Kier alpha value is -0.770. The minimum absolute atomic E-state index is 0.299. The van der Waals surface area contributed by atoms with E-state index < -0.39 is 0 Å². The Bertz CT molecular complexity index is 387. The molecule has 1 aliphatic heterocycles. The highest BCUT2D eigenvalue weighted by Gasteiger charge is 2.18. The molecule has 1 fully saturated rings. The van der Waals surface area contributed by atoms with Crippen molar-refractivity contribution in [2.45, 2.75) is 19.8 Å². The lowest BCUT2D eigenvalue weighted by Gasteiger charge is -2.33. The number of hydrogen-bond acceptors (Lipinski definition) is 2. The molecule has 2 N–H and O–H groups in total. The van der Waals surface area contributed by atoms with Gasteiger partial charge in [0.15, 0.2) is 0 Å². The summed E-state index contributed by atoms with van der Waals surface area (Å²) in [6.07, 6.45) is 2.35. The van der Waals surface area contributed by atoms with Gasteiger partial charge in [-0.1, -0.05) is 6.92 Å². The van der Waals surface area contributed by atoms with Crippen molar-refractivity contribution < 1.29 is 4.39 Å². The van der Waals surface area contributed by atoms with E-state index in [0.29, 0.717) is 10.2 Å². The first-order valence-corrected chi connectivity index (χ1v) is 6.36. The van der Waals surface area contributed by atoms with Crippen molar-refractivity contribution in [1.29, 1.82) is 0 Å². The number of piperidine rings is 1. The average molecular weight is 287 g/mol. The lowest BCUT2D eigenvalue weighted by atomic mass is 9.98. The summed E-state index contributed by atoms with van der Waals surface area (Å²) >= 11 is 3.20. The molecule has 0 radical (unpaired) electrons. The number of hydrogen-bond donors (Lipinski definition) is 1. The van der Waals surface area contributed by atoms with Crippen LogP contribution in [0, 0.1) is 11.7 Å². The van der Waals surface area contributed by atoms with Crippen molar-refractivity contribution in [3.05, 3.63) is 22.4 Å². The summed E-state index contributed by atoms with van der Waals surface area (Å²) in [6, 6.07) is 3.16. The first-order valence-electron chi connectivity index (χ1n) is 5.57. The molecule has 4 heteroatoms. The standard InChI is InChI=1S/C12H16BrFN2/c1-8-2-4-16(5-3-8)12-6-9(13)10(14)7-11(12)15/h6-8H,2-5,15H2,1H3. The SMILES string of the molecule is CC1CCN(c2cc(Br)c(F)cc2N)CC1. The fourth-order valence-corrected chi connectivity index (χ4v) is 2.41. The van der Waals surface area contributed by atoms with E-state index in [9.17, 15) is 4.39 Å². The van der Waals surface area contributed by atoms with Crippen LogP contribution in [0.4, 0.5) is 15.8 Å². The number of anilines is 2. The molecule has 1 aromatic rings. The third-order valence-electron chi connectivity index (χ3n) is 3.19. The van der Waals surface area contributed by atoms with Crippen LogP contribution < -0.4 is 10.6 Å². The van der Waals surface area contributed by atoms with Crippen molar-refractivity contribution in [3.8, 4) is 0 Å². The number of halogens is 2. The molecule has 88 valence electrons. The molecule has 1 heterocycles. The maximum Gasteiger partial charge on any atom is 0.139 e. The molecule has 2 rings (SSSR count). The van der Waals surface area contributed by atoms with E-state index in [2.05, 4.69) is 27.8 Å². The zero-order valence-electron chi connectivity index (χ0n) is 9.34. The highest BCUT2D eigenvalue weighted by Crippen LogP contribution is 2.32. The summed E-state index contributed by atoms with van der Waals surface area (Å²) < 4.78 is 13.7. The van der Waals surface area contributed by atoms with E-state index in [4.69, 9.17) is 5.73 Å². The minimum atomic E-state index is -0.299. The van der Waals surface area contributed by atoms with Gasteiger partial charge in [0.1, 0.15) is 5.82 Å². The van der Waals surface area contributed by atoms with Crippen LogP contribution in [0.15, 0.2) is 16.6 Å². The molecule has 0 aromatic heterocycles. The normalized spacial score (nSPS) is 17.8. The maximum absolute atomic E-state index is 13.2. The highest BCUT2D eigenvalue weighted by molar-refractivity contribution is 9.10. The van der Waals surface area contributed by atoms with Gasteiger partial charge in [-0.3, -0.25) is 0 Å². The van der Waals surface area contributed by atoms with Crippen molar-refractivity contribution >= 4 is 27.3 Å². The molecule has 1 aliphatic rings. The quantitative estimate of drug-likeness (QED) is 0.802. The molecule has 0 amide bonds. The molecule has 0 bridgehead atoms. The molecule has 16 heavy (non-hydrogen) atoms. The third-order valence-corrected chi connectivity index (χ3v) is 3.80. The van der Waals surface area contributed by atoms with E-state index in [1.54, 1.807) is 6.07 Å². The van der Waals surface area contributed by atoms with Gasteiger partial charge in [0.05, 0.1) is 15.8 Å². The molecule has 0 aliphatic carbocycles. The molecule has 2 nitrogen and oxygen atoms in total. The Morgan fingerprint density at radius 2 is 2.00 bits per heavy atom. The van der Waals surface area contributed by atoms with Gasteiger partial charge in [0.2, 0.25) is 0 Å². The molecule has 1 aromatic carbocycles. The van der Waals surface area contributed by atoms with Crippen LogP contribution in [-0.2, 0) is 0 Å². The summed E-state index contributed by atoms with van der Waals surface area (Å²) in [6.45, 7) is 4.27. The average Bonchev–Trinajstić information content (AvgIpc) is 2.25. The zero-order valence-corrected chi connectivity index (χ0v) is 10.9. The largest absolute Gasteiger partial charge is 0.397 e. The van der Waals surface area contributed by atoms with Crippen LogP contribution in [0.3, 0.4) is 0 Å². The second-order valence-corrected chi connectivity index (χ2v) is 5.35. The van der Waals surface area contributed by atoms with Crippen LogP contribution in [0.2, 0.25) is 0 Å². The van der Waals surface area contributed by atoms with Gasteiger partial charge < -0.3 is 10.6 Å². The molecular weight excluding hydrogens is 271 g/mol. The van der Waals surface area contributed by atoms with Gasteiger partial charge in [0.25, 0.3) is 0 Å². The summed E-state index contributed by atoms with van der Waals surface area (Å²) in [5.41, 5.74) is 7.32. The Labute approximate surface area is 104 Å². The number of nitrogens with zero attached hydrogens (tertiary/aromatic N) is 1. The van der Waals surface area contributed by atoms with Gasteiger partial charge in [-0.25, -0.2) is 4.39 Å². The van der Waals surface area contributed by atoms with Crippen molar-refractivity contribution in [3.63, 3.8) is 0 Å². The third kappa shape index (κ3) is 2.32. The second-order valence-electron chi connectivity index (χ2n) is 4.49. The Morgan fingerprint density at radius 1 is 1.38 bits per heavy atom. The Kier molecular flexibility index (Phi) is 3.38. The summed E-state index contributed by atoms with van der Waals surface area (Å²) in [4.78, 5) is 2.24. The Balaban J connectivity index is 2.23. The summed E-state index contributed by atoms with van der Waals surface area (Å²) in [5.74, 6) is 0.480. The van der Waals surface area contributed by atoms with E-state index in [1.165, 1.54) is 18.9 Å². The predicted octanol–water partition coefficient (Wildman–Crippen LogP) is 3.41. The van der Waals surface area contributed by atoms with Gasteiger partial charge >= 0.3 is 0 Å². The second kappa shape index (κ2) is 4.62. The monoisotopic (exact) mass is 286 g/mol. The predicted molar refractivity (Wildman–Crippen MR) is 69.1 cm³/mol. The summed E-state index contributed by atoms with van der Waals surface area (Å²) in [5, 5.41) is 0. The Morgan fingerprint density at radius 3 is 2.62 bits per heavy atom. The van der Waals surface area contributed by atoms with Gasteiger partial charge in [0, 0.05) is 19.2 Å².